The van der Waals surface area contributed by atoms with Crippen LogP contribution in [-0.4, -0.2) is 63.5 Å². The summed E-state index contributed by atoms with van der Waals surface area (Å²) in [4.78, 5) is 44.9. The predicted molar refractivity (Wildman–Crippen MR) is 131 cm³/mol. The van der Waals surface area contributed by atoms with Crippen molar-refractivity contribution in [3.63, 3.8) is 0 Å². The fourth-order valence-electron chi connectivity index (χ4n) is 5.09. The number of aromatic nitrogens is 1. The number of nitrogens with zero attached hydrogens (tertiary/aromatic N) is 2. The normalized spacial score (nSPS) is 20.1. The highest BCUT2D eigenvalue weighted by Gasteiger charge is 2.40. The number of pyridine rings is 1. The number of hydrogen-bond donors (Lipinski definition) is 3. The summed E-state index contributed by atoms with van der Waals surface area (Å²) >= 11 is 0. The van der Waals surface area contributed by atoms with E-state index >= 15 is 0 Å². The Kier molecular flexibility index (Phi) is 8.47. The molecule has 3 N–H and O–H groups in total. The number of benzene rings is 1. The molecule has 8 heteroatoms. The largest absolute Gasteiger partial charge is 0.381 e. The van der Waals surface area contributed by atoms with Crippen molar-refractivity contribution in [2.75, 3.05) is 6.54 Å². The molecule has 2 unspecified atom stereocenters. The number of likely N-dealkylation sites (tertiary alicyclic amines) is 1. The van der Waals surface area contributed by atoms with Gasteiger partial charge in [0.15, 0.2) is 6.10 Å². The number of nitrogens with one attached hydrogen (secondary N) is 2. The molecule has 0 bridgehead atoms. The monoisotopic (exact) mass is 478 g/mol. The minimum Gasteiger partial charge on any atom is -0.381 e. The number of aliphatic hydroxyl groups excluding tert-OH is 1. The number of hydrogen-bond acceptors (Lipinski definition) is 5. The summed E-state index contributed by atoms with van der Waals surface area (Å²) in [7, 11) is 0. The quantitative estimate of drug-likeness (QED) is 0.539. The fourth-order valence-corrected chi connectivity index (χ4v) is 5.09. The molecule has 186 valence electrons. The van der Waals surface area contributed by atoms with Gasteiger partial charge in [0.05, 0.1) is 11.6 Å². The van der Waals surface area contributed by atoms with Crippen LogP contribution < -0.4 is 10.6 Å². The van der Waals surface area contributed by atoms with Gasteiger partial charge in [-0.3, -0.25) is 19.4 Å². The Morgan fingerprint density at radius 3 is 2.49 bits per heavy atom. The molecule has 1 aromatic carbocycles. The van der Waals surface area contributed by atoms with Gasteiger partial charge in [-0.1, -0.05) is 49.6 Å². The second-order valence-electron chi connectivity index (χ2n) is 9.49. The van der Waals surface area contributed by atoms with Crippen LogP contribution in [0, 0.1) is 0 Å². The molecule has 0 spiro atoms. The topological polar surface area (TPSA) is 112 Å². The summed E-state index contributed by atoms with van der Waals surface area (Å²) in [6, 6.07) is 11.4. The van der Waals surface area contributed by atoms with E-state index in [0.717, 1.165) is 31.2 Å². The minimum absolute atomic E-state index is 0.0843. The molecule has 1 aromatic heterocycles. The van der Waals surface area contributed by atoms with Crippen LogP contribution in [0.15, 0.2) is 54.9 Å². The summed E-state index contributed by atoms with van der Waals surface area (Å²) in [6.45, 7) is 0.436. The molecule has 8 nitrogen and oxygen atoms in total. The van der Waals surface area contributed by atoms with Gasteiger partial charge in [0.2, 0.25) is 5.91 Å². The molecule has 2 aromatic rings. The molecular weight excluding hydrogens is 444 g/mol. The van der Waals surface area contributed by atoms with Crippen LogP contribution in [-0.2, 0) is 16.0 Å². The average Bonchev–Trinajstić information content (AvgIpc) is 3.39. The molecule has 1 saturated heterocycles. The van der Waals surface area contributed by atoms with E-state index in [4.69, 9.17) is 0 Å². The first-order chi connectivity index (χ1) is 17.0. The third-order valence-electron chi connectivity index (χ3n) is 6.98. The first-order valence-corrected chi connectivity index (χ1v) is 12.6. The van der Waals surface area contributed by atoms with Crippen LogP contribution in [0.4, 0.5) is 0 Å². The van der Waals surface area contributed by atoms with E-state index in [0.29, 0.717) is 31.4 Å². The summed E-state index contributed by atoms with van der Waals surface area (Å²) in [5.41, 5.74) is 1.27. The van der Waals surface area contributed by atoms with E-state index in [9.17, 15) is 19.5 Å². The highest BCUT2D eigenvalue weighted by atomic mass is 16.3. The van der Waals surface area contributed by atoms with Crippen molar-refractivity contribution in [3.8, 4) is 0 Å². The fraction of sp³-hybridized carbons (Fsp3) is 0.481. The van der Waals surface area contributed by atoms with Crippen molar-refractivity contribution in [1.29, 1.82) is 0 Å². The van der Waals surface area contributed by atoms with Gasteiger partial charge in [0, 0.05) is 31.4 Å². The molecule has 1 saturated carbocycles. The van der Waals surface area contributed by atoms with Crippen LogP contribution in [0.25, 0.3) is 0 Å². The van der Waals surface area contributed by atoms with Crippen LogP contribution in [0.1, 0.15) is 60.9 Å². The smallest absolute Gasteiger partial charge is 0.253 e. The summed E-state index contributed by atoms with van der Waals surface area (Å²) in [6.07, 6.45) is 8.45. The van der Waals surface area contributed by atoms with E-state index < -0.39 is 30.0 Å². The lowest BCUT2D eigenvalue weighted by atomic mass is 9.95. The molecule has 2 aliphatic rings. The lowest BCUT2D eigenvalue weighted by Crippen LogP contribution is -2.56. The van der Waals surface area contributed by atoms with Crippen molar-refractivity contribution in [3.05, 3.63) is 66.0 Å². The Hall–Kier alpha value is -3.26. The zero-order valence-electron chi connectivity index (χ0n) is 19.9. The van der Waals surface area contributed by atoms with Crippen LogP contribution in [0.5, 0.6) is 0 Å². The van der Waals surface area contributed by atoms with E-state index in [1.54, 1.807) is 23.2 Å². The average molecular weight is 479 g/mol. The Bertz CT molecular complexity index is 995. The number of carbonyl (C=O) groups excluding carboxylic acids is 3. The van der Waals surface area contributed by atoms with Crippen molar-refractivity contribution < 1.29 is 19.5 Å². The van der Waals surface area contributed by atoms with E-state index in [-0.39, 0.29) is 11.9 Å². The molecule has 3 amide bonds. The molecule has 0 radical (unpaired) electrons. The summed E-state index contributed by atoms with van der Waals surface area (Å²) < 4.78 is 0. The van der Waals surface area contributed by atoms with Crippen LogP contribution in [0.2, 0.25) is 0 Å². The lowest BCUT2D eigenvalue weighted by molar-refractivity contribution is -0.141. The zero-order valence-corrected chi connectivity index (χ0v) is 19.9. The maximum atomic E-state index is 13.7. The molecule has 2 fully saturated rings. The van der Waals surface area contributed by atoms with Gasteiger partial charge in [-0.25, -0.2) is 0 Å². The van der Waals surface area contributed by atoms with Gasteiger partial charge in [-0.2, -0.15) is 0 Å². The van der Waals surface area contributed by atoms with Gasteiger partial charge in [-0.05, 0) is 43.4 Å². The maximum Gasteiger partial charge on any atom is 0.253 e. The van der Waals surface area contributed by atoms with E-state index in [1.807, 2.05) is 30.3 Å². The highest BCUT2D eigenvalue weighted by Crippen LogP contribution is 2.24. The SMILES string of the molecule is O=C(N[C@@H](Cc1ccccc1)C(=O)N1CCCC1C(O)C(=O)NC1CCCCC1)c1cccnc1. The number of carbonyl (C=O) groups is 3. The molecule has 3 atom stereocenters. The van der Waals surface area contributed by atoms with Crippen molar-refractivity contribution in [2.24, 2.45) is 0 Å². The number of aliphatic hydroxyl groups is 1. The third kappa shape index (κ3) is 6.45. The van der Waals surface area contributed by atoms with Crippen molar-refractivity contribution in [2.45, 2.75) is 75.6 Å². The Balaban J connectivity index is 1.48. The molecular formula is C27H34N4O4. The first kappa shape index (κ1) is 24.9. The molecule has 2 heterocycles. The van der Waals surface area contributed by atoms with Crippen molar-refractivity contribution in [1.82, 2.24) is 20.5 Å². The van der Waals surface area contributed by atoms with Gasteiger partial charge in [-0.15, -0.1) is 0 Å². The lowest BCUT2D eigenvalue weighted by Gasteiger charge is -2.32. The number of rotatable bonds is 8. The highest BCUT2D eigenvalue weighted by molar-refractivity contribution is 5.97. The number of amides is 3. The van der Waals surface area contributed by atoms with Gasteiger partial charge in [0.25, 0.3) is 11.8 Å². The maximum absolute atomic E-state index is 13.7. The Morgan fingerprint density at radius 1 is 1.00 bits per heavy atom. The molecule has 35 heavy (non-hydrogen) atoms. The predicted octanol–water partition coefficient (Wildman–Crippen LogP) is 2.22. The third-order valence-corrected chi connectivity index (χ3v) is 6.98. The second-order valence-corrected chi connectivity index (χ2v) is 9.49. The summed E-state index contributed by atoms with van der Waals surface area (Å²) in [5, 5.41) is 16.7. The minimum atomic E-state index is -1.30. The van der Waals surface area contributed by atoms with Gasteiger partial charge < -0.3 is 20.6 Å². The van der Waals surface area contributed by atoms with Gasteiger partial charge >= 0.3 is 0 Å². The Morgan fingerprint density at radius 2 is 1.77 bits per heavy atom. The van der Waals surface area contributed by atoms with Crippen molar-refractivity contribution >= 4 is 17.7 Å². The van der Waals surface area contributed by atoms with Crippen LogP contribution >= 0.6 is 0 Å². The molecule has 4 rings (SSSR count). The standard InChI is InChI=1S/C27H34N4O4/c32-24(26(34)29-21-12-5-2-6-13-21)23-14-8-16-31(23)27(35)22(17-19-9-3-1-4-10-19)30-25(33)20-11-7-15-28-18-20/h1,3-4,7,9-11,15,18,21-24,32H,2,5-6,8,12-14,16-17H2,(H,29,34)(H,30,33)/t22-,23?,24?/m0/s1. The van der Waals surface area contributed by atoms with Gasteiger partial charge in [0.1, 0.15) is 6.04 Å². The second kappa shape index (κ2) is 11.9. The van der Waals surface area contributed by atoms with Crippen LogP contribution in [0.3, 0.4) is 0 Å². The zero-order chi connectivity index (χ0) is 24.6. The summed E-state index contributed by atoms with van der Waals surface area (Å²) in [5.74, 6) is -1.10. The Labute approximate surface area is 206 Å². The van der Waals surface area contributed by atoms with E-state index in [1.165, 1.54) is 12.6 Å². The molecule has 1 aliphatic heterocycles. The van der Waals surface area contributed by atoms with E-state index in [2.05, 4.69) is 15.6 Å². The molecule has 1 aliphatic carbocycles. The first-order valence-electron chi connectivity index (χ1n) is 12.6.